The first-order valence-corrected chi connectivity index (χ1v) is 6.12. The Morgan fingerprint density at radius 3 is 2.50 bits per heavy atom. The monoisotopic (exact) mass is 226 g/mol. The lowest BCUT2D eigenvalue weighted by Gasteiger charge is -2.29. The summed E-state index contributed by atoms with van der Waals surface area (Å²) >= 11 is 0. The minimum absolute atomic E-state index is 0.231. The van der Waals surface area contributed by atoms with E-state index in [1.54, 1.807) is 4.90 Å². The van der Waals surface area contributed by atoms with Crippen LogP contribution < -0.4 is 5.32 Å². The Morgan fingerprint density at radius 1 is 1.43 bits per heavy atom. The van der Waals surface area contributed by atoms with E-state index >= 15 is 0 Å². The maximum atomic E-state index is 13.1. The van der Waals surface area contributed by atoms with Crippen molar-refractivity contribution in [3.63, 3.8) is 0 Å². The summed E-state index contributed by atoms with van der Waals surface area (Å²) in [5, 5.41) is 2.47. The summed E-state index contributed by atoms with van der Waals surface area (Å²) in [4.78, 5) is 1.68. The minimum atomic E-state index is -2.69. The van der Waals surface area contributed by atoms with Gasteiger partial charge in [0.1, 0.15) is 0 Å². The van der Waals surface area contributed by atoms with Gasteiger partial charge in [-0.15, -0.1) is 0 Å². The molecule has 1 aliphatic heterocycles. The predicted octanol–water partition coefficient (Wildman–Crippen LogP) is -0.0946. The van der Waals surface area contributed by atoms with Crippen LogP contribution in [0.2, 0.25) is 0 Å². The van der Waals surface area contributed by atoms with E-state index in [4.69, 9.17) is 0 Å². The molecule has 0 bridgehead atoms. The van der Waals surface area contributed by atoms with Crippen molar-refractivity contribution in [1.29, 1.82) is 0 Å². The SMILES string of the molecule is CNCC(F)(F)CN1CCS(=O)CC1. The fourth-order valence-corrected chi connectivity index (χ4v) is 2.60. The molecule has 0 unspecified atom stereocenters. The van der Waals surface area contributed by atoms with Crippen molar-refractivity contribution in [2.24, 2.45) is 0 Å². The van der Waals surface area contributed by atoms with Crippen LogP contribution in [0.25, 0.3) is 0 Å². The van der Waals surface area contributed by atoms with Crippen LogP contribution in [0.4, 0.5) is 8.78 Å². The van der Waals surface area contributed by atoms with Crippen LogP contribution in [-0.2, 0) is 10.8 Å². The molecule has 3 nitrogen and oxygen atoms in total. The number of nitrogens with one attached hydrogen (secondary N) is 1. The number of nitrogens with zero attached hydrogens (tertiary/aromatic N) is 1. The zero-order valence-electron chi connectivity index (χ0n) is 8.26. The quantitative estimate of drug-likeness (QED) is 0.727. The van der Waals surface area contributed by atoms with E-state index in [9.17, 15) is 13.0 Å². The van der Waals surface area contributed by atoms with E-state index in [0.717, 1.165) is 0 Å². The second-order valence-corrected chi connectivity index (χ2v) is 5.21. The summed E-state index contributed by atoms with van der Waals surface area (Å²) in [6.45, 7) is 0.509. The maximum Gasteiger partial charge on any atom is 0.272 e. The molecule has 14 heavy (non-hydrogen) atoms. The van der Waals surface area contributed by atoms with Gasteiger partial charge >= 0.3 is 0 Å². The van der Waals surface area contributed by atoms with Gasteiger partial charge in [-0.05, 0) is 7.05 Å². The van der Waals surface area contributed by atoms with Gasteiger partial charge in [0.2, 0.25) is 0 Å². The Hall–Kier alpha value is -0.0700. The largest absolute Gasteiger partial charge is 0.314 e. The van der Waals surface area contributed by atoms with Gasteiger partial charge < -0.3 is 5.32 Å². The molecular formula is C8H16F2N2OS. The third-order valence-corrected chi connectivity index (χ3v) is 3.44. The summed E-state index contributed by atoms with van der Waals surface area (Å²) < 4.78 is 37.2. The van der Waals surface area contributed by atoms with Crippen LogP contribution in [0.15, 0.2) is 0 Å². The van der Waals surface area contributed by atoms with Crippen LogP contribution in [0.3, 0.4) is 0 Å². The van der Waals surface area contributed by atoms with Crippen molar-refractivity contribution in [2.75, 3.05) is 44.7 Å². The topological polar surface area (TPSA) is 32.3 Å². The normalized spacial score (nSPS) is 21.4. The first kappa shape index (κ1) is 12.0. The Kier molecular flexibility index (Phi) is 4.40. The van der Waals surface area contributed by atoms with E-state index < -0.39 is 16.7 Å². The molecule has 84 valence electrons. The molecule has 0 aromatic heterocycles. The Morgan fingerprint density at radius 2 is 2.00 bits per heavy atom. The molecule has 0 aromatic carbocycles. The van der Waals surface area contributed by atoms with Crippen molar-refractivity contribution >= 4 is 10.8 Å². The van der Waals surface area contributed by atoms with Gasteiger partial charge in [0.15, 0.2) is 0 Å². The summed E-state index contributed by atoms with van der Waals surface area (Å²) in [6, 6.07) is 0. The van der Waals surface area contributed by atoms with Gasteiger partial charge in [-0.2, -0.15) is 0 Å². The number of rotatable bonds is 4. The summed E-state index contributed by atoms with van der Waals surface area (Å²) in [6.07, 6.45) is 0. The van der Waals surface area contributed by atoms with Gasteiger partial charge in [-0.1, -0.05) is 0 Å². The van der Waals surface area contributed by atoms with Crippen molar-refractivity contribution in [1.82, 2.24) is 10.2 Å². The summed E-state index contributed by atoms with van der Waals surface area (Å²) in [5.74, 6) is -1.64. The van der Waals surface area contributed by atoms with E-state index in [-0.39, 0.29) is 13.1 Å². The molecule has 1 N–H and O–H groups in total. The van der Waals surface area contributed by atoms with Crippen LogP contribution in [0, 0.1) is 0 Å². The number of hydrogen-bond donors (Lipinski definition) is 1. The third kappa shape index (κ3) is 3.98. The zero-order valence-corrected chi connectivity index (χ0v) is 9.08. The van der Waals surface area contributed by atoms with Crippen LogP contribution in [0.1, 0.15) is 0 Å². The second-order valence-electron chi connectivity index (χ2n) is 3.51. The van der Waals surface area contributed by atoms with Gasteiger partial charge in [0.05, 0.1) is 13.1 Å². The first-order valence-electron chi connectivity index (χ1n) is 4.63. The van der Waals surface area contributed by atoms with Crippen molar-refractivity contribution < 1.29 is 13.0 Å². The fourth-order valence-electron chi connectivity index (χ4n) is 1.48. The van der Waals surface area contributed by atoms with E-state index in [1.165, 1.54) is 7.05 Å². The van der Waals surface area contributed by atoms with Gasteiger partial charge in [0.25, 0.3) is 5.92 Å². The van der Waals surface area contributed by atoms with Gasteiger partial charge in [-0.25, -0.2) is 8.78 Å². The molecule has 0 aromatic rings. The highest BCUT2D eigenvalue weighted by atomic mass is 32.2. The molecule has 1 saturated heterocycles. The average Bonchev–Trinajstić information content (AvgIpc) is 2.08. The maximum absolute atomic E-state index is 13.1. The molecule has 1 aliphatic rings. The second kappa shape index (κ2) is 5.14. The first-order chi connectivity index (χ1) is 6.53. The molecule has 1 rings (SSSR count). The van der Waals surface area contributed by atoms with Crippen molar-refractivity contribution in [2.45, 2.75) is 5.92 Å². The number of hydrogen-bond acceptors (Lipinski definition) is 3. The minimum Gasteiger partial charge on any atom is -0.314 e. The lowest BCUT2D eigenvalue weighted by atomic mass is 10.3. The lowest BCUT2D eigenvalue weighted by Crippen LogP contribution is -2.47. The van der Waals surface area contributed by atoms with Crippen molar-refractivity contribution in [3.8, 4) is 0 Å². The summed E-state index contributed by atoms with van der Waals surface area (Å²) in [5.41, 5.74) is 0. The lowest BCUT2D eigenvalue weighted by molar-refractivity contribution is -0.0271. The van der Waals surface area contributed by atoms with E-state index in [2.05, 4.69) is 5.32 Å². The zero-order chi connectivity index (χ0) is 10.6. The third-order valence-electron chi connectivity index (χ3n) is 2.16. The predicted molar refractivity (Wildman–Crippen MR) is 53.2 cm³/mol. The van der Waals surface area contributed by atoms with Gasteiger partial charge in [0, 0.05) is 35.4 Å². The van der Waals surface area contributed by atoms with E-state index in [0.29, 0.717) is 24.6 Å². The molecule has 1 fully saturated rings. The van der Waals surface area contributed by atoms with E-state index in [1.807, 2.05) is 0 Å². The fraction of sp³-hybridized carbons (Fsp3) is 1.00. The molecule has 0 aliphatic carbocycles. The smallest absolute Gasteiger partial charge is 0.272 e. The van der Waals surface area contributed by atoms with Gasteiger partial charge in [-0.3, -0.25) is 9.11 Å². The van der Waals surface area contributed by atoms with Crippen molar-refractivity contribution in [3.05, 3.63) is 0 Å². The highest BCUT2D eigenvalue weighted by Crippen LogP contribution is 2.15. The molecule has 6 heteroatoms. The molecule has 0 amide bonds. The van der Waals surface area contributed by atoms with Crippen LogP contribution in [-0.4, -0.2) is 59.8 Å². The highest BCUT2D eigenvalue weighted by molar-refractivity contribution is 7.85. The Labute approximate surface area is 85.3 Å². The molecule has 0 atom stereocenters. The van der Waals surface area contributed by atoms with Crippen LogP contribution >= 0.6 is 0 Å². The highest BCUT2D eigenvalue weighted by Gasteiger charge is 2.31. The number of alkyl halides is 2. The molecule has 0 saturated carbocycles. The molecule has 1 heterocycles. The number of halogens is 2. The van der Waals surface area contributed by atoms with Crippen LogP contribution in [0.5, 0.6) is 0 Å². The Balaban J connectivity index is 2.33. The molecule has 0 radical (unpaired) electrons. The standard InChI is InChI=1S/C8H16F2N2OS/c1-11-6-8(9,10)7-12-2-4-14(13)5-3-12/h11H,2-7H2,1H3. The molecule has 0 spiro atoms. The molecular weight excluding hydrogens is 210 g/mol. The average molecular weight is 226 g/mol. The summed E-state index contributed by atoms with van der Waals surface area (Å²) in [7, 11) is 0.718. The Bertz CT molecular complexity index is 204.